The van der Waals surface area contributed by atoms with Gasteiger partial charge in [0, 0.05) is 11.7 Å². The van der Waals surface area contributed by atoms with Crippen LogP contribution in [0, 0.1) is 11.8 Å². The number of halogens is 1. The number of aromatic carboxylic acids is 1. The molecule has 2 rings (SSSR count). The predicted molar refractivity (Wildman–Crippen MR) is 82.4 cm³/mol. The third-order valence-electron chi connectivity index (χ3n) is 4.42. The van der Waals surface area contributed by atoms with Crippen LogP contribution in [0.15, 0.2) is 12.1 Å². The number of carbonyl (C=O) groups is 1. The molecule has 3 unspecified atom stereocenters. The summed E-state index contributed by atoms with van der Waals surface area (Å²) in [4.78, 5) is 11.3. The predicted octanol–water partition coefficient (Wildman–Crippen LogP) is 3.86. The number of carboxylic acid groups (broad SMARTS) is 1. The average Bonchev–Trinajstić information content (AvgIpc) is 2.73. The van der Waals surface area contributed by atoms with Gasteiger partial charge in [-0.3, -0.25) is 0 Å². The first-order chi connectivity index (χ1) is 9.43. The van der Waals surface area contributed by atoms with Gasteiger partial charge in [-0.2, -0.15) is 0 Å². The first-order valence-corrected chi connectivity index (χ1v) is 7.40. The Kier molecular flexibility index (Phi) is 4.43. The van der Waals surface area contributed by atoms with Gasteiger partial charge in [-0.25, -0.2) is 4.79 Å². The lowest BCUT2D eigenvalue weighted by Gasteiger charge is -2.23. The SMILES string of the molecule is CCC1CCC(Nc2c(Cl)cc(N)cc2C(=O)O)C1C. The van der Waals surface area contributed by atoms with Crippen LogP contribution in [0.2, 0.25) is 5.02 Å². The minimum absolute atomic E-state index is 0.141. The molecule has 0 amide bonds. The molecule has 1 saturated carbocycles. The molecule has 3 atom stereocenters. The van der Waals surface area contributed by atoms with Gasteiger partial charge in [-0.15, -0.1) is 0 Å². The van der Waals surface area contributed by atoms with Crippen LogP contribution in [0.1, 0.15) is 43.5 Å². The van der Waals surface area contributed by atoms with Gasteiger partial charge in [0.2, 0.25) is 0 Å². The van der Waals surface area contributed by atoms with Crippen molar-refractivity contribution in [3.63, 3.8) is 0 Å². The molecule has 4 N–H and O–H groups in total. The maximum Gasteiger partial charge on any atom is 0.337 e. The molecule has 0 radical (unpaired) electrons. The Bertz CT molecular complexity index is 519. The van der Waals surface area contributed by atoms with Gasteiger partial charge in [0.15, 0.2) is 0 Å². The van der Waals surface area contributed by atoms with E-state index < -0.39 is 5.97 Å². The summed E-state index contributed by atoms with van der Waals surface area (Å²) < 4.78 is 0. The van der Waals surface area contributed by atoms with Crippen molar-refractivity contribution in [1.82, 2.24) is 0 Å². The van der Waals surface area contributed by atoms with Gasteiger partial charge in [0.1, 0.15) is 0 Å². The molecule has 4 nitrogen and oxygen atoms in total. The first-order valence-electron chi connectivity index (χ1n) is 7.02. The van der Waals surface area contributed by atoms with Gasteiger partial charge in [0.25, 0.3) is 0 Å². The second-order valence-electron chi connectivity index (χ2n) is 5.59. The van der Waals surface area contributed by atoms with Crippen LogP contribution in [-0.4, -0.2) is 17.1 Å². The summed E-state index contributed by atoms with van der Waals surface area (Å²) >= 11 is 6.17. The Balaban J connectivity index is 2.28. The van der Waals surface area contributed by atoms with E-state index in [1.54, 1.807) is 6.07 Å². The fourth-order valence-corrected chi connectivity index (χ4v) is 3.44. The van der Waals surface area contributed by atoms with Crippen LogP contribution in [0.5, 0.6) is 0 Å². The van der Waals surface area contributed by atoms with Crippen molar-refractivity contribution in [2.45, 2.75) is 39.2 Å². The summed E-state index contributed by atoms with van der Waals surface area (Å²) in [6.45, 7) is 4.41. The van der Waals surface area contributed by atoms with Crippen molar-refractivity contribution in [2.24, 2.45) is 11.8 Å². The number of rotatable bonds is 4. The Labute approximate surface area is 124 Å². The van der Waals surface area contributed by atoms with E-state index >= 15 is 0 Å². The van der Waals surface area contributed by atoms with Crippen molar-refractivity contribution in [3.05, 3.63) is 22.7 Å². The molecular formula is C15H21ClN2O2. The van der Waals surface area contributed by atoms with Crippen molar-refractivity contribution in [1.29, 1.82) is 0 Å². The van der Waals surface area contributed by atoms with E-state index in [0.717, 1.165) is 12.8 Å². The molecule has 0 spiro atoms. The highest BCUT2D eigenvalue weighted by Gasteiger charge is 2.32. The highest BCUT2D eigenvalue weighted by atomic mass is 35.5. The third-order valence-corrected chi connectivity index (χ3v) is 4.72. The number of anilines is 2. The van der Waals surface area contributed by atoms with E-state index in [9.17, 15) is 9.90 Å². The molecule has 110 valence electrons. The van der Waals surface area contributed by atoms with Gasteiger partial charge >= 0.3 is 5.97 Å². The third kappa shape index (κ3) is 2.85. The normalized spacial score (nSPS) is 25.6. The average molecular weight is 297 g/mol. The molecule has 1 aliphatic rings. The lowest BCUT2D eigenvalue weighted by atomic mass is 9.93. The Morgan fingerprint density at radius 2 is 2.20 bits per heavy atom. The van der Waals surface area contributed by atoms with Crippen LogP contribution in [-0.2, 0) is 0 Å². The zero-order valence-corrected chi connectivity index (χ0v) is 12.6. The largest absolute Gasteiger partial charge is 0.478 e. The number of benzene rings is 1. The molecule has 0 aliphatic heterocycles. The summed E-state index contributed by atoms with van der Waals surface area (Å²) in [5.41, 5.74) is 6.66. The van der Waals surface area contributed by atoms with Crippen molar-refractivity contribution >= 4 is 28.9 Å². The molecule has 5 heteroatoms. The zero-order chi connectivity index (χ0) is 14.9. The number of nitrogens with one attached hydrogen (secondary N) is 1. The number of nitrogens with two attached hydrogens (primary N) is 1. The molecule has 1 aromatic rings. The molecule has 20 heavy (non-hydrogen) atoms. The number of hydrogen-bond donors (Lipinski definition) is 3. The summed E-state index contributed by atoms with van der Waals surface area (Å²) in [5.74, 6) is 0.183. The van der Waals surface area contributed by atoms with Crippen LogP contribution < -0.4 is 11.1 Å². The number of carboxylic acids is 1. The van der Waals surface area contributed by atoms with Crippen molar-refractivity contribution < 1.29 is 9.90 Å². The fourth-order valence-electron chi connectivity index (χ4n) is 3.16. The van der Waals surface area contributed by atoms with E-state index in [1.165, 1.54) is 12.5 Å². The molecular weight excluding hydrogens is 276 g/mol. The molecule has 1 aromatic carbocycles. The van der Waals surface area contributed by atoms with Crippen LogP contribution in [0.4, 0.5) is 11.4 Å². The summed E-state index contributed by atoms with van der Waals surface area (Å²) in [6, 6.07) is 3.31. The van der Waals surface area contributed by atoms with Gasteiger partial charge in [-0.05, 0) is 36.8 Å². The topological polar surface area (TPSA) is 75.3 Å². The van der Waals surface area contributed by atoms with Gasteiger partial charge in [0.05, 0.1) is 16.3 Å². The Morgan fingerprint density at radius 3 is 2.75 bits per heavy atom. The second-order valence-corrected chi connectivity index (χ2v) is 5.99. The molecule has 0 aromatic heterocycles. The minimum atomic E-state index is -1.01. The van der Waals surface area contributed by atoms with Crippen LogP contribution in [0.3, 0.4) is 0 Å². The van der Waals surface area contributed by atoms with Gasteiger partial charge < -0.3 is 16.2 Å². The van der Waals surface area contributed by atoms with E-state index in [-0.39, 0.29) is 11.6 Å². The quantitative estimate of drug-likeness (QED) is 0.738. The Morgan fingerprint density at radius 1 is 1.50 bits per heavy atom. The lowest BCUT2D eigenvalue weighted by molar-refractivity contribution is 0.0698. The summed E-state index contributed by atoms with van der Waals surface area (Å²) in [5, 5.41) is 13.0. The monoisotopic (exact) mass is 296 g/mol. The van der Waals surface area contributed by atoms with E-state index in [0.29, 0.717) is 28.2 Å². The zero-order valence-electron chi connectivity index (χ0n) is 11.8. The maximum absolute atomic E-state index is 11.3. The fraction of sp³-hybridized carbons (Fsp3) is 0.533. The smallest absolute Gasteiger partial charge is 0.337 e. The second kappa shape index (κ2) is 5.92. The molecule has 1 fully saturated rings. The van der Waals surface area contributed by atoms with Crippen LogP contribution >= 0.6 is 11.6 Å². The van der Waals surface area contributed by atoms with E-state index in [4.69, 9.17) is 17.3 Å². The number of hydrogen-bond acceptors (Lipinski definition) is 3. The highest BCUT2D eigenvalue weighted by Crippen LogP contribution is 2.38. The minimum Gasteiger partial charge on any atom is -0.478 e. The highest BCUT2D eigenvalue weighted by molar-refractivity contribution is 6.34. The molecule has 0 bridgehead atoms. The summed E-state index contributed by atoms with van der Waals surface area (Å²) in [7, 11) is 0. The lowest BCUT2D eigenvalue weighted by Crippen LogP contribution is -2.26. The molecule has 1 aliphatic carbocycles. The number of nitrogen functional groups attached to an aromatic ring is 1. The first kappa shape index (κ1) is 15.0. The van der Waals surface area contributed by atoms with Crippen LogP contribution in [0.25, 0.3) is 0 Å². The maximum atomic E-state index is 11.3. The summed E-state index contributed by atoms with van der Waals surface area (Å²) in [6.07, 6.45) is 3.37. The van der Waals surface area contributed by atoms with Gasteiger partial charge in [-0.1, -0.05) is 31.9 Å². The molecule has 0 saturated heterocycles. The van der Waals surface area contributed by atoms with E-state index in [2.05, 4.69) is 19.2 Å². The standard InChI is InChI=1S/C15H21ClN2O2/c1-3-9-4-5-13(8(9)2)18-14-11(15(19)20)6-10(17)7-12(14)16/h6-9,13,18H,3-5,17H2,1-2H3,(H,19,20). The molecule has 0 heterocycles. The Hall–Kier alpha value is -1.42. The van der Waals surface area contributed by atoms with Crippen molar-refractivity contribution in [2.75, 3.05) is 11.1 Å². The van der Waals surface area contributed by atoms with E-state index in [1.807, 2.05) is 0 Å². The van der Waals surface area contributed by atoms with Crippen molar-refractivity contribution in [3.8, 4) is 0 Å².